The molecule has 1 saturated heterocycles. The molecule has 2 aromatic rings. The third-order valence-electron chi connectivity index (χ3n) is 5.02. The van der Waals surface area contributed by atoms with Crippen LogP contribution in [0.15, 0.2) is 48.5 Å². The van der Waals surface area contributed by atoms with E-state index in [0.717, 1.165) is 23.3 Å². The first kappa shape index (κ1) is 19.0. The van der Waals surface area contributed by atoms with E-state index in [9.17, 15) is 9.59 Å². The van der Waals surface area contributed by atoms with E-state index in [4.69, 9.17) is 4.74 Å². The highest BCUT2D eigenvalue weighted by Gasteiger charge is 2.34. The van der Waals surface area contributed by atoms with E-state index >= 15 is 0 Å². The topological polar surface area (TPSA) is 58.6 Å². The van der Waals surface area contributed by atoms with Crippen molar-refractivity contribution in [3.05, 3.63) is 65.2 Å². The van der Waals surface area contributed by atoms with Gasteiger partial charge in [0.25, 0.3) is 0 Å². The summed E-state index contributed by atoms with van der Waals surface area (Å²) in [6.07, 6.45) is 1.28. The van der Waals surface area contributed by atoms with Gasteiger partial charge in [-0.15, -0.1) is 0 Å². The number of carbonyl (C=O) groups excluding carboxylic acids is 2. The number of nitrogens with one attached hydrogen (secondary N) is 1. The Labute approximate surface area is 160 Å². The second-order valence-corrected chi connectivity index (χ2v) is 6.91. The number of carbonyl (C=O) groups is 2. The van der Waals surface area contributed by atoms with Gasteiger partial charge in [0.2, 0.25) is 11.8 Å². The first-order valence-electron chi connectivity index (χ1n) is 9.35. The molecule has 2 amide bonds. The lowest BCUT2D eigenvalue weighted by atomic mass is 10.1. The van der Waals surface area contributed by atoms with Crippen LogP contribution in [0.1, 0.15) is 30.0 Å². The summed E-state index contributed by atoms with van der Waals surface area (Å²) in [4.78, 5) is 26.5. The Bertz CT molecular complexity index is 784. The molecule has 0 radical (unpaired) electrons. The number of hydrogen-bond donors (Lipinski definition) is 1. The Morgan fingerprint density at radius 2 is 1.70 bits per heavy atom. The van der Waals surface area contributed by atoms with E-state index in [-0.39, 0.29) is 24.2 Å². The molecule has 1 heterocycles. The highest BCUT2D eigenvalue weighted by molar-refractivity contribution is 5.89. The van der Waals surface area contributed by atoms with Gasteiger partial charge in [-0.2, -0.15) is 0 Å². The second-order valence-electron chi connectivity index (χ2n) is 6.91. The van der Waals surface area contributed by atoms with Crippen LogP contribution in [0.3, 0.4) is 0 Å². The van der Waals surface area contributed by atoms with Gasteiger partial charge in [0.1, 0.15) is 5.75 Å². The number of rotatable bonds is 7. The lowest BCUT2D eigenvalue weighted by Crippen LogP contribution is -2.32. The van der Waals surface area contributed by atoms with Gasteiger partial charge in [-0.3, -0.25) is 9.59 Å². The monoisotopic (exact) mass is 366 g/mol. The summed E-state index contributed by atoms with van der Waals surface area (Å²) in [6, 6.07) is 15.9. The highest BCUT2D eigenvalue weighted by atomic mass is 16.5. The van der Waals surface area contributed by atoms with Crippen molar-refractivity contribution in [3.8, 4) is 5.75 Å². The summed E-state index contributed by atoms with van der Waals surface area (Å²) in [5.74, 6) is 0.472. The molecule has 0 aliphatic carbocycles. The van der Waals surface area contributed by atoms with Gasteiger partial charge in [0.15, 0.2) is 0 Å². The van der Waals surface area contributed by atoms with Crippen molar-refractivity contribution in [2.24, 2.45) is 5.92 Å². The fraction of sp³-hybridized carbons (Fsp3) is 0.364. The Morgan fingerprint density at radius 1 is 1.07 bits per heavy atom. The first-order chi connectivity index (χ1) is 13.1. The number of hydrogen-bond acceptors (Lipinski definition) is 3. The zero-order chi connectivity index (χ0) is 19.2. The maximum atomic E-state index is 12.5. The van der Waals surface area contributed by atoms with E-state index in [1.807, 2.05) is 36.4 Å². The lowest BCUT2D eigenvalue weighted by Gasteiger charge is -2.17. The molecule has 0 spiro atoms. The molecular formula is C22H26N2O3. The zero-order valence-corrected chi connectivity index (χ0v) is 15.9. The minimum atomic E-state index is -0.286. The van der Waals surface area contributed by atoms with Crippen LogP contribution in [0.25, 0.3) is 0 Å². The van der Waals surface area contributed by atoms with Gasteiger partial charge in [-0.05, 0) is 35.2 Å². The lowest BCUT2D eigenvalue weighted by molar-refractivity contribution is -0.129. The smallest absolute Gasteiger partial charge is 0.225 e. The Kier molecular flexibility index (Phi) is 6.12. The van der Waals surface area contributed by atoms with Crippen molar-refractivity contribution >= 4 is 11.8 Å². The minimum absolute atomic E-state index is 0.0262. The minimum Gasteiger partial charge on any atom is -0.497 e. The van der Waals surface area contributed by atoms with Gasteiger partial charge in [0.05, 0.1) is 13.0 Å². The van der Waals surface area contributed by atoms with Gasteiger partial charge in [0, 0.05) is 26.1 Å². The molecule has 1 atom stereocenters. The maximum Gasteiger partial charge on any atom is 0.225 e. The number of methoxy groups -OCH3 is 1. The zero-order valence-electron chi connectivity index (χ0n) is 15.9. The third-order valence-corrected chi connectivity index (χ3v) is 5.02. The molecule has 2 aromatic carbocycles. The fourth-order valence-corrected chi connectivity index (χ4v) is 3.28. The number of benzene rings is 2. The van der Waals surface area contributed by atoms with Gasteiger partial charge in [-0.1, -0.05) is 43.3 Å². The van der Waals surface area contributed by atoms with E-state index < -0.39 is 0 Å². The Hall–Kier alpha value is -2.82. The first-order valence-corrected chi connectivity index (χ1v) is 9.35. The van der Waals surface area contributed by atoms with Crippen LogP contribution < -0.4 is 10.1 Å². The van der Waals surface area contributed by atoms with Gasteiger partial charge >= 0.3 is 0 Å². The summed E-state index contributed by atoms with van der Waals surface area (Å²) in [7, 11) is 1.63. The maximum absolute atomic E-state index is 12.5. The van der Waals surface area contributed by atoms with Crippen LogP contribution in [0.4, 0.5) is 0 Å². The number of nitrogens with zero attached hydrogens (tertiary/aromatic N) is 1. The number of ether oxygens (including phenoxy) is 1. The summed E-state index contributed by atoms with van der Waals surface area (Å²) >= 11 is 0. The van der Waals surface area contributed by atoms with Crippen LogP contribution in [0.5, 0.6) is 5.75 Å². The van der Waals surface area contributed by atoms with E-state index in [1.165, 1.54) is 5.56 Å². The van der Waals surface area contributed by atoms with Crippen LogP contribution in [-0.2, 0) is 29.1 Å². The molecule has 142 valence electrons. The van der Waals surface area contributed by atoms with Crippen molar-refractivity contribution in [2.45, 2.75) is 32.9 Å². The van der Waals surface area contributed by atoms with Crippen LogP contribution in [-0.4, -0.2) is 30.4 Å². The molecule has 1 aliphatic rings. The summed E-state index contributed by atoms with van der Waals surface area (Å²) in [5, 5.41) is 2.96. The Balaban J connectivity index is 1.51. The summed E-state index contributed by atoms with van der Waals surface area (Å²) < 4.78 is 5.15. The molecule has 0 saturated carbocycles. The van der Waals surface area contributed by atoms with E-state index in [1.54, 1.807) is 12.0 Å². The summed E-state index contributed by atoms with van der Waals surface area (Å²) in [6.45, 7) is 3.59. The van der Waals surface area contributed by atoms with Crippen molar-refractivity contribution in [3.63, 3.8) is 0 Å². The molecule has 27 heavy (non-hydrogen) atoms. The molecule has 1 aliphatic heterocycles. The molecule has 5 heteroatoms. The fourth-order valence-electron chi connectivity index (χ4n) is 3.28. The van der Waals surface area contributed by atoms with Gasteiger partial charge < -0.3 is 15.0 Å². The SMILES string of the molecule is CCc1ccc(CNC(=O)C2CC(=O)N(Cc3ccc(OC)cc3)C2)cc1. The second kappa shape index (κ2) is 8.71. The molecule has 1 unspecified atom stereocenters. The molecule has 1 N–H and O–H groups in total. The third kappa shape index (κ3) is 4.88. The van der Waals surface area contributed by atoms with Gasteiger partial charge in [-0.25, -0.2) is 0 Å². The van der Waals surface area contributed by atoms with Crippen LogP contribution >= 0.6 is 0 Å². The number of amides is 2. The largest absolute Gasteiger partial charge is 0.497 e. The number of aryl methyl sites for hydroxylation is 1. The predicted molar refractivity (Wildman–Crippen MR) is 104 cm³/mol. The quantitative estimate of drug-likeness (QED) is 0.820. The van der Waals surface area contributed by atoms with Crippen molar-refractivity contribution in [1.29, 1.82) is 0 Å². The number of likely N-dealkylation sites (tertiary alicyclic amines) is 1. The molecule has 5 nitrogen and oxygen atoms in total. The molecule has 3 rings (SSSR count). The molecule has 0 bridgehead atoms. The van der Waals surface area contributed by atoms with Crippen molar-refractivity contribution in [1.82, 2.24) is 10.2 Å². The highest BCUT2D eigenvalue weighted by Crippen LogP contribution is 2.21. The average Bonchev–Trinajstić information content (AvgIpc) is 3.07. The van der Waals surface area contributed by atoms with Crippen molar-refractivity contribution in [2.75, 3.05) is 13.7 Å². The molecule has 1 fully saturated rings. The van der Waals surface area contributed by atoms with Crippen molar-refractivity contribution < 1.29 is 14.3 Å². The summed E-state index contributed by atoms with van der Waals surface area (Å²) in [5.41, 5.74) is 3.38. The normalized spacial score (nSPS) is 16.4. The van der Waals surface area contributed by atoms with E-state index in [0.29, 0.717) is 19.6 Å². The van der Waals surface area contributed by atoms with Crippen LogP contribution in [0.2, 0.25) is 0 Å². The molecular weight excluding hydrogens is 340 g/mol. The predicted octanol–water partition coefficient (Wildman–Crippen LogP) is 2.92. The average molecular weight is 366 g/mol. The molecule has 0 aromatic heterocycles. The standard InChI is InChI=1S/C22H26N2O3/c1-3-16-4-6-17(7-5-16)13-23-22(26)19-12-21(25)24(15-19)14-18-8-10-20(27-2)11-9-18/h4-11,19H,3,12-15H2,1-2H3,(H,23,26). The van der Waals surface area contributed by atoms with E-state index in [2.05, 4.69) is 24.4 Å². The van der Waals surface area contributed by atoms with Crippen LogP contribution in [0, 0.1) is 5.92 Å². The Morgan fingerprint density at radius 3 is 2.33 bits per heavy atom.